The van der Waals surface area contributed by atoms with Crippen LogP contribution in [0.5, 0.6) is 0 Å². The van der Waals surface area contributed by atoms with Gasteiger partial charge in [-0.25, -0.2) is 0 Å². The highest BCUT2D eigenvalue weighted by molar-refractivity contribution is 7.98. The molecule has 0 radical (unpaired) electrons. The van der Waals surface area contributed by atoms with Gasteiger partial charge in [0, 0.05) is 35.8 Å². The molecule has 0 fully saturated rings. The molecule has 1 aromatic heterocycles. The molecule has 0 bridgehead atoms. The van der Waals surface area contributed by atoms with Crippen LogP contribution in [0.1, 0.15) is 5.56 Å². The molecule has 0 aliphatic carbocycles. The Kier molecular flexibility index (Phi) is 3.31. The summed E-state index contributed by atoms with van der Waals surface area (Å²) >= 11 is 1.74. The van der Waals surface area contributed by atoms with E-state index in [0.29, 0.717) is 6.54 Å². The molecule has 4 heteroatoms. The Morgan fingerprint density at radius 3 is 2.56 bits per heavy atom. The number of thioether (sulfide) groups is 1. The van der Waals surface area contributed by atoms with Crippen molar-refractivity contribution >= 4 is 11.8 Å². The maximum Gasteiger partial charge on any atom is 0.0967 e. The van der Waals surface area contributed by atoms with Crippen LogP contribution >= 0.6 is 11.8 Å². The first kappa shape index (κ1) is 11.2. The molecule has 0 amide bonds. The number of hydrogen-bond donors (Lipinski definition) is 1. The summed E-state index contributed by atoms with van der Waals surface area (Å²) in [6.07, 6.45) is 4.04. The lowest BCUT2D eigenvalue weighted by atomic mass is 10.1. The highest BCUT2D eigenvalue weighted by atomic mass is 32.2. The third-order valence-corrected chi connectivity index (χ3v) is 3.23. The number of nitrogens with zero attached hydrogens (tertiary/aromatic N) is 2. The fourth-order valence-corrected chi connectivity index (χ4v) is 2.09. The van der Waals surface area contributed by atoms with Crippen LogP contribution in [0.15, 0.2) is 35.4 Å². The first-order chi connectivity index (χ1) is 7.74. The van der Waals surface area contributed by atoms with Gasteiger partial charge in [-0.3, -0.25) is 4.68 Å². The van der Waals surface area contributed by atoms with Crippen LogP contribution in [0.2, 0.25) is 0 Å². The van der Waals surface area contributed by atoms with E-state index in [1.54, 1.807) is 16.4 Å². The molecular weight excluding hydrogens is 218 g/mol. The second-order valence-corrected chi connectivity index (χ2v) is 4.49. The standard InChI is InChI=1S/C12H15N3S/c1-15-8-10(7-13)12(14-15)9-3-5-11(16-2)6-4-9/h3-6,8H,7,13H2,1-2H3. The first-order valence-electron chi connectivity index (χ1n) is 5.11. The van der Waals surface area contributed by atoms with E-state index in [1.165, 1.54) is 4.90 Å². The van der Waals surface area contributed by atoms with Crippen LogP contribution in [0, 0.1) is 0 Å². The average Bonchev–Trinajstić information content (AvgIpc) is 2.70. The molecule has 2 rings (SSSR count). The van der Waals surface area contributed by atoms with Crippen molar-refractivity contribution in [2.45, 2.75) is 11.4 Å². The number of aromatic nitrogens is 2. The summed E-state index contributed by atoms with van der Waals surface area (Å²) < 4.78 is 1.81. The zero-order valence-corrected chi connectivity index (χ0v) is 10.3. The van der Waals surface area contributed by atoms with Crippen molar-refractivity contribution in [2.24, 2.45) is 12.8 Å². The van der Waals surface area contributed by atoms with Crippen LogP contribution in [-0.2, 0) is 13.6 Å². The Morgan fingerprint density at radius 2 is 2.00 bits per heavy atom. The zero-order chi connectivity index (χ0) is 11.5. The minimum Gasteiger partial charge on any atom is -0.326 e. The van der Waals surface area contributed by atoms with E-state index in [1.807, 2.05) is 13.2 Å². The molecule has 0 unspecified atom stereocenters. The number of benzene rings is 1. The summed E-state index contributed by atoms with van der Waals surface area (Å²) in [6, 6.07) is 8.39. The third-order valence-electron chi connectivity index (χ3n) is 2.49. The van der Waals surface area contributed by atoms with Crippen LogP contribution in [-0.4, -0.2) is 16.0 Å². The SMILES string of the molecule is CSc1ccc(-c2nn(C)cc2CN)cc1. The molecule has 0 spiro atoms. The summed E-state index contributed by atoms with van der Waals surface area (Å²) in [4.78, 5) is 1.26. The number of aryl methyl sites for hydroxylation is 1. The molecule has 1 aromatic carbocycles. The molecule has 2 N–H and O–H groups in total. The number of nitrogens with two attached hydrogens (primary N) is 1. The fourth-order valence-electron chi connectivity index (χ4n) is 1.68. The number of hydrogen-bond acceptors (Lipinski definition) is 3. The predicted octanol–water partition coefficient (Wildman–Crippen LogP) is 2.27. The highest BCUT2D eigenvalue weighted by Gasteiger charge is 2.08. The summed E-state index contributed by atoms with van der Waals surface area (Å²) in [6.45, 7) is 0.521. The molecule has 84 valence electrons. The van der Waals surface area contributed by atoms with Crippen molar-refractivity contribution in [3.63, 3.8) is 0 Å². The Bertz CT molecular complexity index is 474. The van der Waals surface area contributed by atoms with Gasteiger partial charge in [0.05, 0.1) is 5.69 Å². The molecule has 0 atom stereocenters. The molecule has 1 heterocycles. The first-order valence-corrected chi connectivity index (χ1v) is 6.34. The Morgan fingerprint density at radius 1 is 1.31 bits per heavy atom. The summed E-state index contributed by atoms with van der Waals surface area (Å²) in [7, 11) is 1.92. The van der Waals surface area contributed by atoms with Gasteiger partial charge in [0.2, 0.25) is 0 Å². The van der Waals surface area contributed by atoms with Crippen LogP contribution < -0.4 is 5.73 Å². The number of rotatable bonds is 3. The van der Waals surface area contributed by atoms with Crippen molar-refractivity contribution in [3.05, 3.63) is 36.0 Å². The molecule has 16 heavy (non-hydrogen) atoms. The van der Waals surface area contributed by atoms with Gasteiger partial charge in [-0.05, 0) is 18.4 Å². The molecular formula is C12H15N3S. The molecule has 0 aliphatic heterocycles. The topological polar surface area (TPSA) is 43.8 Å². The van der Waals surface area contributed by atoms with Crippen LogP contribution in [0.3, 0.4) is 0 Å². The predicted molar refractivity (Wildman–Crippen MR) is 68.3 cm³/mol. The van der Waals surface area contributed by atoms with E-state index >= 15 is 0 Å². The molecule has 0 saturated heterocycles. The molecule has 0 aliphatic rings. The van der Waals surface area contributed by atoms with Gasteiger partial charge in [0.15, 0.2) is 0 Å². The Balaban J connectivity index is 2.41. The largest absolute Gasteiger partial charge is 0.326 e. The van der Waals surface area contributed by atoms with Crippen molar-refractivity contribution in [2.75, 3.05) is 6.26 Å². The van der Waals surface area contributed by atoms with Crippen LogP contribution in [0.4, 0.5) is 0 Å². The second kappa shape index (κ2) is 4.72. The van der Waals surface area contributed by atoms with Crippen molar-refractivity contribution in [1.82, 2.24) is 9.78 Å². The fraction of sp³-hybridized carbons (Fsp3) is 0.250. The van der Waals surface area contributed by atoms with E-state index in [0.717, 1.165) is 16.8 Å². The molecule has 0 saturated carbocycles. The van der Waals surface area contributed by atoms with Crippen molar-refractivity contribution < 1.29 is 0 Å². The molecule has 2 aromatic rings. The smallest absolute Gasteiger partial charge is 0.0967 e. The maximum absolute atomic E-state index is 5.70. The van der Waals surface area contributed by atoms with Gasteiger partial charge in [-0.1, -0.05) is 12.1 Å². The van der Waals surface area contributed by atoms with Gasteiger partial charge in [0.25, 0.3) is 0 Å². The highest BCUT2D eigenvalue weighted by Crippen LogP contribution is 2.24. The minimum absolute atomic E-state index is 0.521. The summed E-state index contributed by atoms with van der Waals surface area (Å²) in [5.41, 5.74) is 8.89. The quantitative estimate of drug-likeness (QED) is 0.827. The third kappa shape index (κ3) is 2.13. The van der Waals surface area contributed by atoms with Crippen LogP contribution in [0.25, 0.3) is 11.3 Å². The van der Waals surface area contributed by atoms with Crippen molar-refractivity contribution in [1.29, 1.82) is 0 Å². The van der Waals surface area contributed by atoms with E-state index in [9.17, 15) is 0 Å². The normalized spacial score (nSPS) is 10.7. The van der Waals surface area contributed by atoms with Crippen molar-refractivity contribution in [3.8, 4) is 11.3 Å². The van der Waals surface area contributed by atoms with E-state index in [2.05, 4.69) is 35.6 Å². The summed E-state index contributed by atoms with van der Waals surface area (Å²) in [5.74, 6) is 0. The van der Waals surface area contributed by atoms with Gasteiger partial charge in [-0.2, -0.15) is 5.10 Å². The van der Waals surface area contributed by atoms with E-state index in [-0.39, 0.29) is 0 Å². The lowest BCUT2D eigenvalue weighted by Gasteiger charge is -2.01. The van der Waals surface area contributed by atoms with Gasteiger partial charge in [-0.15, -0.1) is 11.8 Å². The molecule has 3 nitrogen and oxygen atoms in total. The maximum atomic E-state index is 5.70. The zero-order valence-electron chi connectivity index (χ0n) is 9.47. The Labute approximate surface area is 99.7 Å². The van der Waals surface area contributed by atoms with Gasteiger partial charge < -0.3 is 5.73 Å². The lowest BCUT2D eigenvalue weighted by Crippen LogP contribution is -1.96. The van der Waals surface area contributed by atoms with E-state index < -0.39 is 0 Å². The Hall–Kier alpha value is -1.26. The van der Waals surface area contributed by atoms with Gasteiger partial charge >= 0.3 is 0 Å². The van der Waals surface area contributed by atoms with Gasteiger partial charge in [0.1, 0.15) is 0 Å². The minimum atomic E-state index is 0.521. The average molecular weight is 233 g/mol. The van der Waals surface area contributed by atoms with E-state index in [4.69, 9.17) is 5.73 Å². The monoisotopic (exact) mass is 233 g/mol. The second-order valence-electron chi connectivity index (χ2n) is 3.61. The summed E-state index contributed by atoms with van der Waals surface area (Å²) in [5, 5.41) is 4.44. The lowest BCUT2D eigenvalue weighted by molar-refractivity contribution is 0.769.